The van der Waals surface area contributed by atoms with Crippen LogP contribution in [-0.2, 0) is 16.4 Å². The minimum Gasteiger partial charge on any atom is -0.497 e. The Kier molecular flexibility index (Phi) is 4.85. The van der Waals surface area contributed by atoms with Crippen LogP contribution in [0.3, 0.4) is 0 Å². The normalized spacial score (nSPS) is 11.1. The zero-order valence-electron chi connectivity index (χ0n) is 12.2. The summed E-state index contributed by atoms with van der Waals surface area (Å²) in [5, 5.41) is 3.19. The Bertz CT molecular complexity index is 711. The smallest absolute Gasteiger partial charge is 0.180 e. The quantitative estimate of drug-likeness (QED) is 0.891. The zero-order chi connectivity index (χ0) is 15.3. The molecule has 0 saturated carbocycles. The molecule has 0 radical (unpaired) electrons. The number of hydrogen-bond donors (Lipinski definition) is 1. The molecule has 0 saturated heterocycles. The van der Waals surface area contributed by atoms with Crippen molar-refractivity contribution in [3.63, 3.8) is 0 Å². The highest BCUT2D eigenvalue weighted by Crippen LogP contribution is 2.23. The van der Waals surface area contributed by atoms with E-state index in [1.54, 1.807) is 32.2 Å². The maximum Gasteiger partial charge on any atom is 0.180 e. The first-order chi connectivity index (χ1) is 10.1. The minimum atomic E-state index is -3.23. The molecule has 112 valence electrons. The van der Waals surface area contributed by atoms with Crippen LogP contribution in [0, 0.1) is 0 Å². The second kappa shape index (κ2) is 6.63. The predicted molar refractivity (Wildman–Crippen MR) is 84.5 cm³/mol. The van der Waals surface area contributed by atoms with Gasteiger partial charge >= 0.3 is 0 Å². The van der Waals surface area contributed by atoms with Crippen LogP contribution in [0.15, 0.2) is 53.4 Å². The summed E-state index contributed by atoms with van der Waals surface area (Å²) in [6.07, 6.45) is 0. The van der Waals surface area contributed by atoms with Crippen LogP contribution < -0.4 is 10.1 Å². The van der Waals surface area contributed by atoms with Gasteiger partial charge in [0.2, 0.25) is 0 Å². The molecule has 0 aliphatic carbocycles. The average Bonchev–Trinajstić information content (AvgIpc) is 2.53. The van der Waals surface area contributed by atoms with E-state index in [1.807, 2.05) is 30.3 Å². The van der Waals surface area contributed by atoms with Gasteiger partial charge in [-0.25, -0.2) is 8.42 Å². The van der Waals surface area contributed by atoms with Crippen molar-refractivity contribution in [2.75, 3.05) is 18.2 Å². The van der Waals surface area contributed by atoms with Crippen molar-refractivity contribution < 1.29 is 13.2 Å². The summed E-state index contributed by atoms with van der Waals surface area (Å²) in [6, 6.07) is 14.6. The van der Waals surface area contributed by atoms with Gasteiger partial charge in [-0.15, -0.1) is 0 Å². The van der Waals surface area contributed by atoms with E-state index < -0.39 is 9.84 Å². The van der Waals surface area contributed by atoms with Crippen molar-refractivity contribution in [3.05, 3.63) is 54.1 Å². The minimum absolute atomic E-state index is 0.0881. The van der Waals surface area contributed by atoms with Crippen LogP contribution in [-0.4, -0.2) is 21.3 Å². The van der Waals surface area contributed by atoms with Gasteiger partial charge in [-0.2, -0.15) is 0 Å². The molecule has 0 unspecified atom stereocenters. The van der Waals surface area contributed by atoms with Gasteiger partial charge in [0.25, 0.3) is 0 Å². The fourth-order valence-electron chi connectivity index (χ4n) is 2.02. The fraction of sp³-hybridized carbons (Fsp3) is 0.250. The van der Waals surface area contributed by atoms with E-state index in [0.29, 0.717) is 17.1 Å². The second-order valence-electron chi connectivity index (χ2n) is 4.60. The maximum atomic E-state index is 12.1. The van der Waals surface area contributed by atoms with Gasteiger partial charge in [0.15, 0.2) is 9.84 Å². The molecule has 4 nitrogen and oxygen atoms in total. The first kappa shape index (κ1) is 15.4. The van der Waals surface area contributed by atoms with Gasteiger partial charge in [0.05, 0.1) is 23.4 Å². The highest BCUT2D eigenvalue weighted by molar-refractivity contribution is 7.91. The van der Waals surface area contributed by atoms with Gasteiger partial charge in [0, 0.05) is 6.54 Å². The molecular formula is C16H19NO3S. The summed E-state index contributed by atoms with van der Waals surface area (Å²) in [7, 11) is -1.61. The molecular weight excluding hydrogens is 286 g/mol. The van der Waals surface area contributed by atoms with Crippen LogP contribution >= 0.6 is 0 Å². The molecule has 2 aromatic rings. The van der Waals surface area contributed by atoms with E-state index >= 15 is 0 Å². The molecule has 0 aromatic heterocycles. The van der Waals surface area contributed by atoms with Crippen LogP contribution in [0.1, 0.15) is 12.5 Å². The fourth-order valence-corrected chi connectivity index (χ4v) is 3.09. The molecule has 1 N–H and O–H groups in total. The molecule has 21 heavy (non-hydrogen) atoms. The zero-order valence-corrected chi connectivity index (χ0v) is 13.0. The molecule has 0 aliphatic rings. The molecule has 0 spiro atoms. The summed E-state index contributed by atoms with van der Waals surface area (Å²) in [4.78, 5) is 0.343. The lowest BCUT2D eigenvalue weighted by Crippen LogP contribution is -2.09. The van der Waals surface area contributed by atoms with Crippen molar-refractivity contribution in [1.82, 2.24) is 0 Å². The number of benzene rings is 2. The molecule has 0 atom stereocenters. The van der Waals surface area contributed by atoms with Crippen LogP contribution in [0.5, 0.6) is 5.75 Å². The summed E-state index contributed by atoms with van der Waals surface area (Å²) < 4.78 is 29.3. The number of hydrogen-bond acceptors (Lipinski definition) is 4. The molecule has 0 heterocycles. The van der Waals surface area contributed by atoms with Gasteiger partial charge in [-0.3, -0.25) is 0 Å². The maximum absolute atomic E-state index is 12.1. The van der Waals surface area contributed by atoms with Crippen molar-refractivity contribution in [2.45, 2.75) is 18.4 Å². The van der Waals surface area contributed by atoms with Crippen LogP contribution in [0.2, 0.25) is 0 Å². The Morgan fingerprint density at radius 2 is 1.86 bits per heavy atom. The Morgan fingerprint density at radius 3 is 2.57 bits per heavy atom. The van der Waals surface area contributed by atoms with E-state index in [-0.39, 0.29) is 5.75 Å². The summed E-state index contributed by atoms with van der Waals surface area (Å²) in [5.41, 5.74) is 1.65. The molecule has 0 bridgehead atoms. The predicted octanol–water partition coefficient (Wildman–Crippen LogP) is 3.10. The highest BCUT2D eigenvalue weighted by atomic mass is 32.2. The lowest BCUT2D eigenvalue weighted by atomic mass is 10.2. The molecule has 0 amide bonds. The number of ether oxygens (including phenoxy) is 1. The first-order valence-corrected chi connectivity index (χ1v) is 8.40. The number of sulfone groups is 1. The van der Waals surface area contributed by atoms with Crippen molar-refractivity contribution >= 4 is 15.5 Å². The first-order valence-electron chi connectivity index (χ1n) is 6.75. The summed E-state index contributed by atoms with van der Waals surface area (Å²) in [6.45, 7) is 2.18. The Morgan fingerprint density at radius 1 is 1.10 bits per heavy atom. The third kappa shape index (κ3) is 3.76. The lowest BCUT2D eigenvalue weighted by molar-refractivity contribution is 0.414. The summed E-state index contributed by atoms with van der Waals surface area (Å²) >= 11 is 0. The average molecular weight is 305 g/mol. The number of methoxy groups -OCH3 is 1. The second-order valence-corrected chi connectivity index (χ2v) is 6.85. The van der Waals surface area contributed by atoms with E-state index in [4.69, 9.17) is 4.74 Å². The van der Waals surface area contributed by atoms with Gasteiger partial charge in [0.1, 0.15) is 5.75 Å². The van der Waals surface area contributed by atoms with E-state index in [2.05, 4.69) is 5.32 Å². The van der Waals surface area contributed by atoms with E-state index in [0.717, 1.165) is 11.3 Å². The monoisotopic (exact) mass is 305 g/mol. The van der Waals surface area contributed by atoms with E-state index in [1.165, 1.54) is 0 Å². The molecule has 0 aliphatic heterocycles. The summed E-state index contributed by atoms with van der Waals surface area (Å²) in [5.74, 6) is 0.869. The number of para-hydroxylation sites is 1. The Balaban J connectivity index is 2.21. The number of rotatable bonds is 6. The van der Waals surface area contributed by atoms with Crippen molar-refractivity contribution in [1.29, 1.82) is 0 Å². The van der Waals surface area contributed by atoms with Crippen LogP contribution in [0.25, 0.3) is 0 Å². The molecule has 2 aromatic carbocycles. The Hall–Kier alpha value is -2.01. The van der Waals surface area contributed by atoms with E-state index in [9.17, 15) is 8.42 Å². The topological polar surface area (TPSA) is 55.4 Å². The SMILES string of the molecule is CCS(=O)(=O)c1ccccc1NCc1cccc(OC)c1. The van der Waals surface area contributed by atoms with Crippen molar-refractivity contribution in [3.8, 4) is 5.75 Å². The lowest BCUT2D eigenvalue weighted by Gasteiger charge is -2.12. The van der Waals surface area contributed by atoms with Crippen LogP contribution in [0.4, 0.5) is 5.69 Å². The van der Waals surface area contributed by atoms with Gasteiger partial charge in [-0.1, -0.05) is 31.2 Å². The molecule has 0 fully saturated rings. The Labute approximate surface area is 125 Å². The number of nitrogens with one attached hydrogen (secondary N) is 1. The largest absolute Gasteiger partial charge is 0.497 e. The molecule has 2 rings (SSSR count). The van der Waals surface area contributed by atoms with Gasteiger partial charge in [-0.05, 0) is 29.8 Å². The van der Waals surface area contributed by atoms with Crippen molar-refractivity contribution in [2.24, 2.45) is 0 Å². The highest BCUT2D eigenvalue weighted by Gasteiger charge is 2.15. The number of anilines is 1. The third-order valence-corrected chi connectivity index (χ3v) is 5.01. The standard InChI is InChI=1S/C16H19NO3S/c1-3-21(18,19)16-10-5-4-9-15(16)17-12-13-7-6-8-14(11-13)20-2/h4-11,17H,3,12H2,1-2H3. The third-order valence-electron chi connectivity index (χ3n) is 3.22. The van der Waals surface area contributed by atoms with Gasteiger partial charge < -0.3 is 10.1 Å². The molecule has 5 heteroatoms.